The first-order chi connectivity index (χ1) is 15.3. The number of hydrogen-bond acceptors (Lipinski definition) is 8. The average Bonchev–Trinajstić information content (AvgIpc) is 3.46. The molecule has 4 aromatic rings. The van der Waals surface area contributed by atoms with E-state index in [0.717, 1.165) is 22.6 Å². The van der Waals surface area contributed by atoms with Gasteiger partial charge in [0.2, 0.25) is 5.82 Å². The van der Waals surface area contributed by atoms with E-state index >= 15 is 0 Å². The molecule has 2 aromatic carbocycles. The minimum absolute atomic E-state index is 0.119. The number of ether oxygens (including phenoxy) is 3. The smallest absolute Gasteiger partial charge is 0.262 e. The number of hydrogen-bond donors (Lipinski definition) is 0. The van der Waals surface area contributed by atoms with Crippen LogP contribution >= 0.6 is 0 Å². The van der Waals surface area contributed by atoms with Gasteiger partial charge in [0.1, 0.15) is 17.6 Å². The van der Waals surface area contributed by atoms with Gasteiger partial charge in [-0.05, 0) is 36.8 Å². The van der Waals surface area contributed by atoms with Crippen LogP contribution in [-0.2, 0) is 17.9 Å². The van der Waals surface area contributed by atoms with Crippen molar-refractivity contribution in [1.82, 2.24) is 25.1 Å². The summed E-state index contributed by atoms with van der Waals surface area (Å²) >= 11 is 0. The molecule has 0 radical (unpaired) electrons. The van der Waals surface area contributed by atoms with Crippen molar-refractivity contribution in [3.8, 4) is 34.5 Å². The maximum Gasteiger partial charge on any atom is 0.262 e. The minimum Gasteiger partial charge on any atom is -0.497 e. The predicted octanol–water partition coefficient (Wildman–Crippen LogP) is 3.67. The maximum absolute atomic E-state index is 6.08. The van der Waals surface area contributed by atoms with E-state index in [4.69, 9.17) is 18.7 Å². The average molecular weight is 419 g/mol. The Morgan fingerprint density at radius 3 is 2.77 bits per heavy atom. The van der Waals surface area contributed by atoms with Crippen molar-refractivity contribution >= 4 is 0 Å². The lowest BCUT2D eigenvalue weighted by Crippen LogP contribution is -2.22. The lowest BCUT2D eigenvalue weighted by molar-refractivity contribution is -0.00114. The predicted molar refractivity (Wildman–Crippen MR) is 110 cm³/mol. The Morgan fingerprint density at radius 1 is 1.13 bits per heavy atom. The summed E-state index contributed by atoms with van der Waals surface area (Å²) in [6.45, 7) is 3.37. The largest absolute Gasteiger partial charge is 0.497 e. The highest BCUT2D eigenvalue weighted by molar-refractivity contribution is 5.64. The van der Waals surface area contributed by atoms with Crippen molar-refractivity contribution in [2.45, 2.75) is 26.2 Å². The molecule has 3 heterocycles. The Labute approximate surface area is 178 Å². The molecule has 0 saturated heterocycles. The van der Waals surface area contributed by atoms with E-state index in [-0.39, 0.29) is 6.10 Å². The molecule has 1 atom stereocenters. The quantitative estimate of drug-likeness (QED) is 0.467. The fourth-order valence-electron chi connectivity index (χ4n) is 3.56. The number of benzene rings is 2. The van der Waals surface area contributed by atoms with Gasteiger partial charge in [-0.25, -0.2) is 4.68 Å². The molecule has 158 valence electrons. The topological polar surface area (TPSA) is 97.3 Å². The van der Waals surface area contributed by atoms with Gasteiger partial charge >= 0.3 is 0 Å². The summed E-state index contributed by atoms with van der Waals surface area (Å²) in [5.74, 6) is 2.24. The Hall–Kier alpha value is -3.72. The van der Waals surface area contributed by atoms with E-state index in [0.29, 0.717) is 42.9 Å². The highest BCUT2D eigenvalue weighted by atomic mass is 16.5. The SMILES string of the molecule is CCOc1ccccc1-c1nc(-c2nnn3c2COC(c2ccc(OC)cc2)C3)no1. The third kappa shape index (κ3) is 3.64. The third-order valence-electron chi connectivity index (χ3n) is 5.14. The molecule has 2 aromatic heterocycles. The molecule has 0 saturated carbocycles. The Balaban J connectivity index is 1.39. The number of para-hydroxylation sites is 1. The van der Waals surface area contributed by atoms with E-state index in [9.17, 15) is 0 Å². The summed E-state index contributed by atoms with van der Waals surface area (Å²) in [7, 11) is 1.65. The van der Waals surface area contributed by atoms with Crippen molar-refractivity contribution in [3.05, 3.63) is 59.8 Å². The molecule has 0 bridgehead atoms. The normalized spacial score (nSPS) is 15.5. The van der Waals surface area contributed by atoms with Crippen molar-refractivity contribution < 1.29 is 18.7 Å². The zero-order valence-electron chi connectivity index (χ0n) is 17.2. The van der Waals surface area contributed by atoms with Crippen LogP contribution in [0.4, 0.5) is 0 Å². The van der Waals surface area contributed by atoms with E-state index in [1.165, 1.54) is 0 Å². The Bertz CT molecular complexity index is 1180. The Kier molecular flexibility index (Phi) is 5.09. The van der Waals surface area contributed by atoms with Crippen LogP contribution in [0, 0.1) is 0 Å². The molecule has 5 rings (SSSR count). The van der Waals surface area contributed by atoms with Crippen molar-refractivity contribution in [2.24, 2.45) is 0 Å². The van der Waals surface area contributed by atoms with Crippen molar-refractivity contribution in [2.75, 3.05) is 13.7 Å². The fourth-order valence-corrected chi connectivity index (χ4v) is 3.56. The summed E-state index contributed by atoms with van der Waals surface area (Å²) in [6, 6.07) is 15.4. The van der Waals surface area contributed by atoms with Crippen LogP contribution in [0.1, 0.15) is 24.3 Å². The third-order valence-corrected chi connectivity index (χ3v) is 5.14. The number of fused-ring (bicyclic) bond motifs is 1. The zero-order chi connectivity index (χ0) is 21.2. The minimum atomic E-state index is -0.119. The number of aromatic nitrogens is 5. The molecule has 0 fully saturated rings. The molecule has 9 nitrogen and oxygen atoms in total. The molecular formula is C22H21N5O4. The van der Waals surface area contributed by atoms with Gasteiger partial charge in [-0.2, -0.15) is 4.98 Å². The standard InChI is InChI=1S/C22H21N5O4/c1-3-29-18-7-5-4-6-16(18)22-23-21(25-31-22)20-17-13-30-19(12-27(17)26-24-20)14-8-10-15(28-2)11-9-14/h4-11,19H,3,12-13H2,1-2H3. The molecule has 31 heavy (non-hydrogen) atoms. The molecule has 0 spiro atoms. The second kappa shape index (κ2) is 8.19. The van der Waals surface area contributed by atoms with Gasteiger partial charge in [-0.15, -0.1) is 5.10 Å². The van der Waals surface area contributed by atoms with Crippen LogP contribution < -0.4 is 9.47 Å². The molecule has 0 N–H and O–H groups in total. The number of rotatable bonds is 6. The molecule has 0 amide bonds. The second-order valence-corrected chi connectivity index (χ2v) is 6.99. The van der Waals surface area contributed by atoms with Gasteiger partial charge in [0.15, 0.2) is 5.69 Å². The summed E-state index contributed by atoms with van der Waals surface area (Å²) < 4.78 is 24.3. The van der Waals surface area contributed by atoms with E-state index in [2.05, 4.69) is 20.5 Å². The lowest BCUT2D eigenvalue weighted by atomic mass is 10.1. The zero-order valence-corrected chi connectivity index (χ0v) is 17.2. The molecule has 9 heteroatoms. The maximum atomic E-state index is 6.08. The first-order valence-corrected chi connectivity index (χ1v) is 10.0. The van der Waals surface area contributed by atoms with E-state index < -0.39 is 0 Å². The van der Waals surface area contributed by atoms with Crippen LogP contribution in [0.3, 0.4) is 0 Å². The van der Waals surface area contributed by atoms with Crippen LogP contribution in [-0.4, -0.2) is 38.9 Å². The van der Waals surface area contributed by atoms with Gasteiger partial charge in [0.05, 0.1) is 38.1 Å². The highest BCUT2D eigenvalue weighted by Gasteiger charge is 2.28. The molecule has 1 aliphatic rings. The van der Waals surface area contributed by atoms with Crippen LogP contribution in [0.25, 0.3) is 23.0 Å². The molecule has 0 aliphatic carbocycles. The monoisotopic (exact) mass is 419 g/mol. The number of nitrogens with zero attached hydrogens (tertiary/aromatic N) is 5. The highest BCUT2D eigenvalue weighted by Crippen LogP contribution is 2.33. The van der Waals surface area contributed by atoms with Crippen LogP contribution in [0.5, 0.6) is 11.5 Å². The molecular weight excluding hydrogens is 398 g/mol. The van der Waals surface area contributed by atoms with Gasteiger partial charge < -0.3 is 18.7 Å². The fraction of sp³-hybridized carbons (Fsp3) is 0.273. The summed E-state index contributed by atoms with van der Waals surface area (Å²) in [4.78, 5) is 4.53. The van der Waals surface area contributed by atoms with Gasteiger partial charge in [-0.3, -0.25) is 0 Å². The van der Waals surface area contributed by atoms with Crippen molar-refractivity contribution in [3.63, 3.8) is 0 Å². The first-order valence-electron chi connectivity index (χ1n) is 10.0. The van der Waals surface area contributed by atoms with Gasteiger partial charge in [-0.1, -0.05) is 34.6 Å². The van der Waals surface area contributed by atoms with Crippen molar-refractivity contribution in [1.29, 1.82) is 0 Å². The van der Waals surface area contributed by atoms with Gasteiger partial charge in [0.25, 0.3) is 5.89 Å². The summed E-state index contributed by atoms with van der Waals surface area (Å²) in [5, 5.41) is 12.7. The first kappa shape index (κ1) is 19.3. The molecule has 1 aliphatic heterocycles. The molecule has 1 unspecified atom stereocenters. The summed E-state index contributed by atoms with van der Waals surface area (Å²) in [6.07, 6.45) is -0.119. The van der Waals surface area contributed by atoms with E-state index in [1.54, 1.807) is 7.11 Å². The second-order valence-electron chi connectivity index (χ2n) is 6.99. The Morgan fingerprint density at radius 2 is 1.97 bits per heavy atom. The van der Waals surface area contributed by atoms with E-state index in [1.807, 2.05) is 60.1 Å². The van der Waals surface area contributed by atoms with Crippen LogP contribution in [0.15, 0.2) is 53.1 Å². The number of methoxy groups -OCH3 is 1. The summed E-state index contributed by atoms with van der Waals surface area (Å²) in [5.41, 5.74) is 3.16. The van der Waals surface area contributed by atoms with Gasteiger partial charge in [0, 0.05) is 0 Å². The lowest BCUT2D eigenvalue weighted by Gasteiger charge is -2.24. The van der Waals surface area contributed by atoms with Crippen LogP contribution in [0.2, 0.25) is 0 Å².